The lowest BCUT2D eigenvalue weighted by Crippen LogP contribution is -1.99. The number of nitrogens with one attached hydrogen (secondary N) is 1. The lowest BCUT2D eigenvalue weighted by Gasteiger charge is -2.07. The van der Waals surface area contributed by atoms with Crippen molar-refractivity contribution >= 4 is 39.2 Å². The van der Waals surface area contributed by atoms with E-state index in [4.69, 9.17) is 16.3 Å². The first-order valence-electron chi connectivity index (χ1n) is 4.88. The molecule has 2 rings (SSSR count). The minimum Gasteiger partial charge on any atom is -0.480 e. The average molecular weight is 333 g/mol. The highest BCUT2D eigenvalue weighted by Gasteiger charge is 2.06. The molecule has 0 aliphatic carbocycles. The quantitative estimate of drug-likeness (QED) is 0.929. The van der Waals surface area contributed by atoms with Gasteiger partial charge in [-0.2, -0.15) is 4.98 Å². The van der Waals surface area contributed by atoms with Crippen LogP contribution in [0.15, 0.2) is 28.9 Å². The van der Waals surface area contributed by atoms with E-state index < -0.39 is 5.82 Å². The normalized spacial score (nSPS) is 10.2. The third-order valence-electron chi connectivity index (χ3n) is 2.02. The number of methoxy groups -OCH3 is 1. The van der Waals surface area contributed by atoms with Crippen molar-refractivity contribution in [1.82, 2.24) is 9.97 Å². The number of nitrogens with zero attached hydrogens (tertiary/aromatic N) is 2. The molecule has 4 nitrogen and oxygen atoms in total. The lowest BCUT2D eigenvalue weighted by molar-refractivity contribution is 0.394. The van der Waals surface area contributed by atoms with Gasteiger partial charge in [0.25, 0.3) is 0 Å². The Morgan fingerprint density at radius 3 is 2.83 bits per heavy atom. The molecule has 0 bridgehead atoms. The summed E-state index contributed by atoms with van der Waals surface area (Å²) in [5, 5.41) is 3.13. The summed E-state index contributed by atoms with van der Waals surface area (Å²) in [6.45, 7) is 0. The third-order valence-corrected chi connectivity index (χ3v) is 2.79. The summed E-state index contributed by atoms with van der Waals surface area (Å²) in [5.74, 6) is 0.237. The van der Waals surface area contributed by atoms with Gasteiger partial charge in [-0.3, -0.25) is 0 Å². The van der Waals surface area contributed by atoms with Crippen LogP contribution in [0.1, 0.15) is 0 Å². The van der Waals surface area contributed by atoms with Crippen molar-refractivity contribution in [2.75, 3.05) is 12.4 Å². The molecule has 0 atom stereocenters. The number of benzene rings is 1. The van der Waals surface area contributed by atoms with Gasteiger partial charge < -0.3 is 10.1 Å². The number of aromatic nitrogens is 2. The van der Waals surface area contributed by atoms with E-state index in [1.54, 1.807) is 6.07 Å². The first-order chi connectivity index (χ1) is 8.58. The van der Waals surface area contributed by atoms with Crippen LogP contribution < -0.4 is 10.1 Å². The van der Waals surface area contributed by atoms with Crippen molar-refractivity contribution in [1.29, 1.82) is 0 Å². The van der Waals surface area contributed by atoms with Crippen molar-refractivity contribution in [3.63, 3.8) is 0 Å². The van der Waals surface area contributed by atoms with E-state index in [1.165, 1.54) is 25.4 Å². The molecule has 0 amide bonds. The number of hydrogen-bond acceptors (Lipinski definition) is 4. The molecule has 94 valence electrons. The van der Waals surface area contributed by atoms with Crippen molar-refractivity contribution in [3.05, 3.63) is 39.7 Å². The van der Waals surface area contributed by atoms with Gasteiger partial charge in [-0.15, -0.1) is 0 Å². The molecular formula is C11H8BrClFN3O. The van der Waals surface area contributed by atoms with E-state index in [0.717, 1.165) is 0 Å². The van der Waals surface area contributed by atoms with Crippen LogP contribution in [0.4, 0.5) is 16.0 Å². The summed E-state index contributed by atoms with van der Waals surface area (Å²) in [5.41, 5.74) is 0.462. The molecule has 1 aromatic heterocycles. The topological polar surface area (TPSA) is 47.0 Å². The second-order valence-corrected chi connectivity index (χ2v) is 4.62. The number of hydrogen-bond donors (Lipinski definition) is 1. The van der Waals surface area contributed by atoms with Gasteiger partial charge in [-0.1, -0.05) is 11.6 Å². The molecule has 0 unspecified atom stereocenters. The summed E-state index contributed by atoms with van der Waals surface area (Å²) in [6.07, 6.45) is 1.54. The Morgan fingerprint density at radius 2 is 2.17 bits per heavy atom. The predicted molar refractivity (Wildman–Crippen MR) is 71.0 cm³/mol. The SMILES string of the molecule is COc1nc(Nc2cc(F)cc(Cl)c2)ncc1Br. The highest BCUT2D eigenvalue weighted by Crippen LogP contribution is 2.24. The smallest absolute Gasteiger partial charge is 0.232 e. The van der Waals surface area contributed by atoms with Gasteiger partial charge >= 0.3 is 0 Å². The van der Waals surface area contributed by atoms with Crippen LogP contribution in [0.25, 0.3) is 0 Å². The molecule has 7 heteroatoms. The first kappa shape index (κ1) is 13.0. The monoisotopic (exact) mass is 331 g/mol. The van der Waals surface area contributed by atoms with E-state index in [9.17, 15) is 4.39 Å². The molecule has 18 heavy (non-hydrogen) atoms. The fourth-order valence-corrected chi connectivity index (χ4v) is 1.88. The maximum atomic E-state index is 13.1. The highest BCUT2D eigenvalue weighted by atomic mass is 79.9. The standard InChI is InChI=1S/C11H8BrClFN3O/c1-18-10-9(12)5-15-11(17-10)16-8-3-6(13)2-7(14)4-8/h2-5H,1H3,(H,15,16,17). The molecule has 0 aliphatic heterocycles. The van der Waals surface area contributed by atoms with Crippen LogP contribution in [0, 0.1) is 5.82 Å². The largest absolute Gasteiger partial charge is 0.480 e. The van der Waals surface area contributed by atoms with Gasteiger partial charge in [0.1, 0.15) is 5.82 Å². The van der Waals surface area contributed by atoms with Crippen molar-refractivity contribution in [2.45, 2.75) is 0 Å². The fraction of sp³-hybridized carbons (Fsp3) is 0.0909. The van der Waals surface area contributed by atoms with Crippen LogP contribution in [-0.4, -0.2) is 17.1 Å². The van der Waals surface area contributed by atoms with Crippen LogP contribution in [0.3, 0.4) is 0 Å². The molecule has 0 saturated heterocycles. The molecule has 0 fully saturated rings. The first-order valence-corrected chi connectivity index (χ1v) is 6.05. The van der Waals surface area contributed by atoms with Gasteiger partial charge in [0.05, 0.1) is 17.8 Å². The van der Waals surface area contributed by atoms with Crippen LogP contribution in [-0.2, 0) is 0 Å². The second kappa shape index (κ2) is 5.49. The van der Waals surface area contributed by atoms with Crippen molar-refractivity contribution < 1.29 is 9.13 Å². The molecule has 0 aliphatic rings. The average Bonchev–Trinajstić information content (AvgIpc) is 2.30. The molecule has 1 N–H and O–H groups in total. The zero-order valence-corrected chi connectivity index (χ0v) is 11.6. The minimum atomic E-state index is -0.436. The minimum absolute atomic E-state index is 0.289. The molecule has 0 radical (unpaired) electrons. The maximum Gasteiger partial charge on any atom is 0.232 e. The summed E-state index contributed by atoms with van der Waals surface area (Å²) in [7, 11) is 1.50. The number of rotatable bonds is 3. The fourth-order valence-electron chi connectivity index (χ4n) is 1.31. The Balaban J connectivity index is 2.28. The van der Waals surface area contributed by atoms with Gasteiger partial charge in [0.15, 0.2) is 0 Å². The Labute approximate surface area is 116 Å². The van der Waals surface area contributed by atoms with Gasteiger partial charge in [-0.05, 0) is 34.1 Å². The van der Waals surface area contributed by atoms with Crippen LogP contribution >= 0.6 is 27.5 Å². The van der Waals surface area contributed by atoms with E-state index in [2.05, 4.69) is 31.2 Å². The van der Waals surface area contributed by atoms with Gasteiger partial charge in [0, 0.05) is 10.7 Å². The molecule has 0 spiro atoms. The molecule has 0 saturated carbocycles. The summed E-state index contributed by atoms with van der Waals surface area (Å²) < 4.78 is 18.8. The molecule has 2 aromatic rings. The number of ether oxygens (including phenoxy) is 1. The second-order valence-electron chi connectivity index (χ2n) is 3.33. The Hall–Kier alpha value is -1.40. The summed E-state index contributed by atoms with van der Waals surface area (Å²) in [6, 6.07) is 4.09. The van der Waals surface area contributed by atoms with Gasteiger partial charge in [0.2, 0.25) is 11.8 Å². The van der Waals surface area contributed by atoms with E-state index in [-0.39, 0.29) is 5.95 Å². The van der Waals surface area contributed by atoms with E-state index in [1.807, 2.05) is 0 Å². The lowest BCUT2D eigenvalue weighted by atomic mass is 10.3. The van der Waals surface area contributed by atoms with Crippen molar-refractivity contribution in [2.24, 2.45) is 0 Å². The summed E-state index contributed by atoms with van der Waals surface area (Å²) >= 11 is 8.99. The van der Waals surface area contributed by atoms with Gasteiger partial charge in [-0.25, -0.2) is 9.37 Å². The van der Waals surface area contributed by atoms with E-state index >= 15 is 0 Å². The zero-order chi connectivity index (χ0) is 13.1. The highest BCUT2D eigenvalue weighted by molar-refractivity contribution is 9.10. The predicted octanol–water partition coefficient (Wildman–Crippen LogP) is 3.78. The maximum absolute atomic E-state index is 13.1. The van der Waals surface area contributed by atoms with Crippen molar-refractivity contribution in [3.8, 4) is 5.88 Å². The van der Waals surface area contributed by atoms with Crippen LogP contribution in [0.2, 0.25) is 5.02 Å². The molecule has 1 aromatic carbocycles. The van der Waals surface area contributed by atoms with Crippen LogP contribution in [0.5, 0.6) is 5.88 Å². The Kier molecular flexibility index (Phi) is 3.98. The number of anilines is 2. The Morgan fingerprint density at radius 1 is 1.39 bits per heavy atom. The third kappa shape index (κ3) is 3.08. The zero-order valence-electron chi connectivity index (χ0n) is 9.25. The van der Waals surface area contributed by atoms with E-state index in [0.29, 0.717) is 21.1 Å². The Bertz CT molecular complexity index is 562. The molecule has 1 heterocycles. The summed E-state index contributed by atoms with van der Waals surface area (Å²) in [4.78, 5) is 8.12. The molecular weight excluding hydrogens is 324 g/mol. The number of halogens is 3.